The average Bonchev–Trinajstić information content (AvgIpc) is 3.23. The molecule has 186 valence electrons. The summed E-state index contributed by atoms with van der Waals surface area (Å²) in [6.07, 6.45) is 6.84. The molecule has 0 radical (unpaired) electrons. The van der Waals surface area contributed by atoms with E-state index >= 15 is 0 Å². The molecule has 2 aromatic rings. The number of halogens is 1. The van der Waals surface area contributed by atoms with E-state index in [1.807, 2.05) is 12.1 Å². The number of piperidine rings is 1. The molecule has 35 heavy (non-hydrogen) atoms. The van der Waals surface area contributed by atoms with Crippen molar-refractivity contribution < 1.29 is 18.7 Å². The molecule has 1 aromatic carbocycles. The number of nitrogens with one attached hydrogen (secondary N) is 1. The number of carbonyl (C=O) groups is 1. The number of nitrogens with two attached hydrogens (primary N) is 1. The molecular formula is C25H31FN6O3. The Morgan fingerprint density at radius 1 is 1.17 bits per heavy atom. The second-order valence-electron chi connectivity index (χ2n) is 9.18. The van der Waals surface area contributed by atoms with Gasteiger partial charge in [0, 0.05) is 82.2 Å². The Morgan fingerprint density at radius 2 is 1.91 bits per heavy atom. The van der Waals surface area contributed by atoms with Crippen LogP contribution in [0.4, 0.5) is 15.8 Å². The third-order valence-corrected chi connectivity index (χ3v) is 7.00. The van der Waals surface area contributed by atoms with Crippen molar-refractivity contribution in [2.75, 3.05) is 62.8 Å². The van der Waals surface area contributed by atoms with Gasteiger partial charge in [-0.2, -0.15) is 0 Å². The number of nitrogens with zero attached hydrogens (tertiary/aromatic N) is 4. The van der Waals surface area contributed by atoms with Gasteiger partial charge in [0.25, 0.3) is 5.91 Å². The van der Waals surface area contributed by atoms with Crippen LogP contribution >= 0.6 is 0 Å². The monoisotopic (exact) mass is 482 g/mol. The Labute approximate surface area is 204 Å². The van der Waals surface area contributed by atoms with E-state index in [2.05, 4.69) is 25.1 Å². The van der Waals surface area contributed by atoms with Crippen molar-refractivity contribution in [3.05, 3.63) is 48.2 Å². The van der Waals surface area contributed by atoms with Crippen molar-refractivity contribution in [3.63, 3.8) is 0 Å². The largest absolute Gasteiger partial charge is 0.486 e. The van der Waals surface area contributed by atoms with Crippen LogP contribution in [0, 0.1) is 0 Å². The molecule has 0 unspecified atom stereocenters. The fraction of sp³-hybridized carbons (Fsp3) is 0.480. The molecule has 1 amide bonds. The van der Waals surface area contributed by atoms with E-state index in [-0.39, 0.29) is 29.6 Å². The number of anilines is 2. The third kappa shape index (κ3) is 4.94. The van der Waals surface area contributed by atoms with E-state index in [0.29, 0.717) is 38.5 Å². The second kappa shape index (κ2) is 10.2. The van der Waals surface area contributed by atoms with E-state index in [0.717, 1.165) is 49.4 Å². The van der Waals surface area contributed by atoms with Gasteiger partial charge >= 0.3 is 0 Å². The summed E-state index contributed by atoms with van der Waals surface area (Å²) in [6, 6.07) is 5.73. The van der Waals surface area contributed by atoms with Gasteiger partial charge in [-0.25, -0.2) is 14.4 Å². The molecule has 0 atom stereocenters. The standard InChI is InChI=1S/C25H31FN6O3/c26-4-9-31-7-2-25(3-8-31)16-18-14-20(21(15-22(18)35-25)32-10-12-34-13-11-32)30-24(33)19(17-27)23-28-5-1-6-29-23/h1,5-6,14-15,17H,2-4,7-13,16,27H2,(H,30,33). The van der Waals surface area contributed by atoms with Crippen molar-refractivity contribution >= 4 is 22.9 Å². The van der Waals surface area contributed by atoms with Gasteiger partial charge in [0.2, 0.25) is 0 Å². The van der Waals surface area contributed by atoms with Gasteiger partial charge in [0.1, 0.15) is 18.0 Å². The summed E-state index contributed by atoms with van der Waals surface area (Å²) in [4.78, 5) is 25.9. The Kier molecular flexibility index (Phi) is 6.83. The first-order valence-corrected chi connectivity index (χ1v) is 12.1. The zero-order valence-electron chi connectivity index (χ0n) is 19.7. The maximum absolute atomic E-state index is 13.2. The van der Waals surface area contributed by atoms with Crippen LogP contribution in [0.1, 0.15) is 24.2 Å². The molecule has 0 bridgehead atoms. The minimum Gasteiger partial charge on any atom is -0.486 e. The highest BCUT2D eigenvalue weighted by Crippen LogP contribution is 2.45. The predicted molar refractivity (Wildman–Crippen MR) is 131 cm³/mol. The molecule has 3 aliphatic rings. The van der Waals surface area contributed by atoms with Gasteiger partial charge in [0.05, 0.1) is 30.2 Å². The van der Waals surface area contributed by atoms with Crippen LogP contribution in [0.2, 0.25) is 0 Å². The van der Waals surface area contributed by atoms with E-state index in [1.165, 1.54) is 6.20 Å². The molecular weight excluding hydrogens is 451 g/mol. The molecule has 10 heteroatoms. The number of likely N-dealkylation sites (tertiary alicyclic amines) is 1. The highest BCUT2D eigenvalue weighted by molar-refractivity contribution is 6.24. The van der Waals surface area contributed by atoms with Crippen molar-refractivity contribution in [1.82, 2.24) is 14.9 Å². The van der Waals surface area contributed by atoms with Gasteiger partial charge in [-0.3, -0.25) is 4.79 Å². The average molecular weight is 483 g/mol. The number of benzene rings is 1. The first-order valence-electron chi connectivity index (χ1n) is 12.1. The van der Waals surface area contributed by atoms with Crippen molar-refractivity contribution in [1.29, 1.82) is 0 Å². The number of carbonyl (C=O) groups excluding carboxylic acids is 1. The van der Waals surface area contributed by atoms with E-state index in [9.17, 15) is 9.18 Å². The molecule has 0 aliphatic carbocycles. The summed E-state index contributed by atoms with van der Waals surface area (Å²) in [5.41, 5.74) is 8.35. The zero-order chi connectivity index (χ0) is 24.3. The maximum Gasteiger partial charge on any atom is 0.261 e. The number of rotatable bonds is 6. The number of amides is 1. The number of alkyl halides is 1. The lowest BCUT2D eigenvalue weighted by Gasteiger charge is -2.38. The minimum atomic E-state index is -0.374. The lowest BCUT2D eigenvalue weighted by Crippen LogP contribution is -2.47. The lowest BCUT2D eigenvalue weighted by molar-refractivity contribution is -0.111. The number of hydrogen-bond acceptors (Lipinski definition) is 8. The van der Waals surface area contributed by atoms with Crippen LogP contribution in [0.5, 0.6) is 5.75 Å². The molecule has 5 rings (SSSR count). The van der Waals surface area contributed by atoms with Gasteiger partial charge < -0.3 is 30.3 Å². The number of aromatic nitrogens is 2. The number of hydrogen-bond donors (Lipinski definition) is 2. The highest BCUT2D eigenvalue weighted by atomic mass is 19.1. The van der Waals surface area contributed by atoms with Crippen molar-refractivity contribution in [3.8, 4) is 5.75 Å². The van der Waals surface area contributed by atoms with Crippen LogP contribution in [0.25, 0.3) is 5.57 Å². The molecule has 1 aromatic heterocycles. The molecule has 2 saturated heterocycles. The van der Waals surface area contributed by atoms with Crippen LogP contribution < -0.4 is 20.7 Å². The summed E-state index contributed by atoms with van der Waals surface area (Å²) in [7, 11) is 0. The molecule has 4 heterocycles. The summed E-state index contributed by atoms with van der Waals surface area (Å²) in [6.45, 7) is 4.45. The first-order chi connectivity index (χ1) is 17.1. The van der Waals surface area contributed by atoms with Crippen molar-refractivity contribution in [2.45, 2.75) is 24.9 Å². The van der Waals surface area contributed by atoms with E-state index < -0.39 is 0 Å². The SMILES string of the molecule is NC=C(C(=O)Nc1cc2c(cc1N1CCOCC1)OC1(CCN(CCF)CC1)C2)c1ncccn1. The first kappa shape index (κ1) is 23.5. The van der Waals surface area contributed by atoms with Gasteiger partial charge in [-0.15, -0.1) is 0 Å². The quantitative estimate of drug-likeness (QED) is 0.603. The molecule has 9 nitrogen and oxygen atoms in total. The number of fused-ring (bicyclic) bond motifs is 1. The highest BCUT2D eigenvalue weighted by Gasteiger charge is 2.42. The normalized spacial score (nSPS) is 19.9. The van der Waals surface area contributed by atoms with Crippen LogP contribution in [0.3, 0.4) is 0 Å². The Bertz CT molecular complexity index is 1080. The Balaban J connectivity index is 1.41. The zero-order valence-corrected chi connectivity index (χ0v) is 19.7. The fourth-order valence-electron chi connectivity index (χ4n) is 5.09. The van der Waals surface area contributed by atoms with Gasteiger partial charge in [-0.1, -0.05) is 0 Å². The van der Waals surface area contributed by atoms with Crippen molar-refractivity contribution in [2.24, 2.45) is 5.73 Å². The second-order valence-corrected chi connectivity index (χ2v) is 9.18. The lowest BCUT2D eigenvalue weighted by atomic mass is 9.87. The van der Waals surface area contributed by atoms with Crippen LogP contribution in [0.15, 0.2) is 36.8 Å². The molecule has 0 saturated carbocycles. The third-order valence-electron chi connectivity index (χ3n) is 7.00. The molecule has 3 N–H and O–H groups in total. The summed E-state index contributed by atoms with van der Waals surface area (Å²) >= 11 is 0. The number of ether oxygens (including phenoxy) is 2. The topological polar surface area (TPSA) is 106 Å². The number of morpholine rings is 1. The van der Waals surface area contributed by atoms with Gasteiger partial charge in [0.15, 0.2) is 5.82 Å². The van der Waals surface area contributed by atoms with E-state index in [4.69, 9.17) is 15.2 Å². The minimum absolute atomic E-state index is 0.201. The summed E-state index contributed by atoms with van der Waals surface area (Å²) in [5, 5.41) is 3.05. The smallest absolute Gasteiger partial charge is 0.261 e. The Hall–Kier alpha value is -3.24. The maximum atomic E-state index is 13.2. The predicted octanol–water partition coefficient (Wildman–Crippen LogP) is 1.99. The summed E-state index contributed by atoms with van der Waals surface area (Å²) < 4.78 is 24.9. The molecule has 2 fully saturated rings. The summed E-state index contributed by atoms with van der Waals surface area (Å²) in [5.74, 6) is 0.745. The molecule has 1 spiro atoms. The van der Waals surface area contributed by atoms with E-state index in [1.54, 1.807) is 18.5 Å². The van der Waals surface area contributed by atoms with Crippen LogP contribution in [-0.4, -0.2) is 79.0 Å². The Morgan fingerprint density at radius 3 is 2.60 bits per heavy atom. The molecule has 3 aliphatic heterocycles. The fourth-order valence-corrected chi connectivity index (χ4v) is 5.09. The van der Waals surface area contributed by atoms with Gasteiger partial charge in [-0.05, 0) is 12.1 Å². The van der Waals surface area contributed by atoms with Crippen LogP contribution in [-0.2, 0) is 16.0 Å².